The van der Waals surface area contributed by atoms with E-state index in [9.17, 15) is 0 Å². The van der Waals surface area contributed by atoms with Crippen LogP contribution in [0.1, 0.15) is 0 Å². The van der Waals surface area contributed by atoms with Crippen LogP contribution in [0.5, 0.6) is 0 Å². The van der Waals surface area contributed by atoms with E-state index in [1.165, 1.54) is 0 Å². The summed E-state index contributed by atoms with van der Waals surface area (Å²) < 4.78 is 0. The van der Waals surface area contributed by atoms with Crippen molar-refractivity contribution in [2.45, 2.75) is 0 Å². The minimum atomic E-state index is 0. The van der Waals surface area contributed by atoms with Crippen molar-refractivity contribution in [3.63, 3.8) is 0 Å². The Morgan fingerprint density at radius 2 is 0.333 bits per heavy atom. The molecule has 6 nitrogen and oxygen atoms in total. The molecule has 0 aromatic heterocycles. The van der Waals surface area contributed by atoms with E-state index in [2.05, 4.69) is 39.4 Å². The molecule has 0 fully saturated rings. The van der Waals surface area contributed by atoms with Crippen molar-refractivity contribution in [1.29, 1.82) is 31.6 Å². The van der Waals surface area contributed by atoms with Crippen LogP contribution in [0.3, 0.4) is 0 Å². The van der Waals surface area contributed by atoms with Crippen molar-refractivity contribution in [2.75, 3.05) is 0 Å². The molecular formula is C6H6K2N6Pt+2. The molecule has 0 saturated heterocycles. The van der Waals surface area contributed by atoms with Gasteiger partial charge in [-0.05, 0) is 0 Å². The van der Waals surface area contributed by atoms with Crippen LogP contribution < -0.4 is 103 Å². The van der Waals surface area contributed by atoms with E-state index in [0.717, 1.165) is 0 Å². The molecule has 0 amide bonds. The van der Waals surface area contributed by atoms with Crippen LogP contribution in [0.25, 0.3) is 0 Å². The smallest absolute Gasteiger partial charge is 0.202 e. The van der Waals surface area contributed by atoms with Crippen molar-refractivity contribution in [3.8, 4) is 39.4 Å². The first-order chi connectivity index (χ1) is 6.00. The summed E-state index contributed by atoms with van der Waals surface area (Å²) in [5.41, 5.74) is 0. The summed E-state index contributed by atoms with van der Waals surface area (Å²) >= 11 is 0. The zero-order valence-electron chi connectivity index (χ0n) is 8.46. The van der Waals surface area contributed by atoms with E-state index in [-0.39, 0.29) is 124 Å². The van der Waals surface area contributed by atoms with Crippen LogP contribution in [0.15, 0.2) is 0 Å². The molecule has 0 radical (unpaired) electrons. The van der Waals surface area contributed by atoms with E-state index in [0.29, 0.717) is 0 Å². The first kappa shape index (κ1) is 74.1. The Kier molecular flexibility index (Phi) is 17500. The zero-order chi connectivity index (χ0) is 12.0. The molecule has 0 aliphatic carbocycles. The largest absolute Gasteiger partial charge is 1.00 e. The van der Waals surface area contributed by atoms with Crippen LogP contribution in [0.2, 0.25) is 0 Å². The third kappa shape index (κ3) is 3050. The van der Waals surface area contributed by atoms with Gasteiger partial charge in [-0.15, -0.1) is 0 Å². The summed E-state index contributed by atoms with van der Waals surface area (Å²) in [6, 6.07) is 0. The Morgan fingerprint density at radius 1 is 0.333 bits per heavy atom. The summed E-state index contributed by atoms with van der Waals surface area (Å²) in [6.45, 7) is 21.0. The molecule has 0 atom stereocenters. The third-order valence-electron chi connectivity index (χ3n) is 0. The van der Waals surface area contributed by atoms with Gasteiger partial charge >= 0.3 is 103 Å². The standard InChI is InChI=1S/6CHN.2K.Pt/c6*1-2;;;/h6*1H;;;/q;;;;;;2*+1;. The molecule has 0 rings (SSSR count). The molecule has 0 aliphatic rings. The number of nitriles is 6. The molecule has 0 aliphatic heterocycles. The maximum absolute atomic E-state index is 6.50. The van der Waals surface area contributed by atoms with Gasteiger partial charge in [-0.2, -0.15) is 0 Å². The summed E-state index contributed by atoms with van der Waals surface area (Å²) in [6.07, 6.45) is 0. The van der Waals surface area contributed by atoms with Crippen molar-refractivity contribution < 1.29 is 124 Å². The van der Waals surface area contributed by atoms with Gasteiger partial charge in [0.25, 0.3) is 0 Å². The fourth-order valence-electron chi connectivity index (χ4n) is 0. The second-order valence-electron chi connectivity index (χ2n) is 0. The van der Waals surface area contributed by atoms with Gasteiger partial charge in [0, 0.05) is 60.5 Å². The van der Waals surface area contributed by atoms with E-state index in [1.54, 1.807) is 0 Å². The second-order valence-corrected chi connectivity index (χ2v) is 0. The fraction of sp³-hybridized carbons (Fsp3) is 0. The van der Waals surface area contributed by atoms with E-state index in [1.807, 2.05) is 0 Å². The molecule has 0 aromatic rings. The molecule has 0 unspecified atom stereocenters. The van der Waals surface area contributed by atoms with E-state index >= 15 is 0 Å². The predicted octanol–water partition coefficient (Wildman–Crippen LogP) is -5.16. The third-order valence-corrected chi connectivity index (χ3v) is 0. The molecule has 0 bridgehead atoms. The molecular weight excluding hydrogens is 429 g/mol. The topological polar surface area (TPSA) is 143 Å². The maximum atomic E-state index is 6.50. The molecule has 0 heterocycles. The quantitative estimate of drug-likeness (QED) is 0.348. The number of hydrogen-bond donors (Lipinski definition) is 0. The monoisotopic (exact) mass is 435 g/mol. The van der Waals surface area contributed by atoms with Crippen LogP contribution >= 0.6 is 0 Å². The van der Waals surface area contributed by atoms with E-state index < -0.39 is 0 Å². The SMILES string of the molecule is C#N.C#N.C#N.C#N.C#N.C#N.[K+].[K+].[Pt]. The first-order valence-electron chi connectivity index (χ1n) is 1.55. The van der Waals surface area contributed by atoms with Crippen molar-refractivity contribution in [1.82, 2.24) is 0 Å². The van der Waals surface area contributed by atoms with Crippen molar-refractivity contribution in [2.24, 2.45) is 0 Å². The molecule has 9 heteroatoms. The second kappa shape index (κ2) is 3550. The van der Waals surface area contributed by atoms with Crippen molar-refractivity contribution in [3.05, 3.63) is 0 Å². The van der Waals surface area contributed by atoms with Gasteiger partial charge in [-0.1, -0.05) is 0 Å². The molecule has 0 saturated carbocycles. The number of hydrogen-bond acceptors (Lipinski definition) is 6. The molecule has 15 heavy (non-hydrogen) atoms. The van der Waals surface area contributed by atoms with Crippen LogP contribution in [-0.2, 0) is 21.1 Å². The van der Waals surface area contributed by atoms with Gasteiger partial charge in [0.15, 0.2) is 0 Å². The van der Waals surface area contributed by atoms with E-state index in [4.69, 9.17) is 31.6 Å². The van der Waals surface area contributed by atoms with Gasteiger partial charge in [0.2, 0.25) is 0 Å². The van der Waals surface area contributed by atoms with Crippen LogP contribution in [0, 0.1) is 71.0 Å². The van der Waals surface area contributed by atoms with Gasteiger partial charge < -0.3 is 0 Å². The Labute approximate surface area is 190 Å². The van der Waals surface area contributed by atoms with Gasteiger partial charge in [0.1, 0.15) is 0 Å². The molecule has 0 N–H and O–H groups in total. The first-order valence-corrected chi connectivity index (χ1v) is 1.55. The Bertz CT molecular complexity index is 101. The number of nitrogens with zero attached hydrogens (tertiary/aromatic N) is 6. The Morgan fingerprint density at radius 3 is 0.333 bits per heavy atom. The van der Waals surface area contributed by atoms with Crippen LogP contribution in [0.4, 0.5) is 0 Å². The summed E-state index contributed by atoms with van der Waals surface area (Å²) in [7, 11) is 0. The van der Waals surface area contributed by atoms with Crippen molar-refractivity contribution >= 4 is 0 Å². The average molecular weight is 435 g/mol. The Balaban J connectivity index is -0.00000000396. The number of rotatable bonds is 0. The van der Waals surface area contributed by atoms with Crippen LogP contribution in [-0.4, -0.2) is 0 Å². The minimum absolute atomic E-state index is 0. The fourth-order valence-corrected chi connectivity index (χ4v) is 0. The Hall–Kier alpha value is 0.901. The molecule has 0 aromatic carbocycles. The predicted molar refractivity (Wildman–Crippen MR) is 40.0 cm³/mol. The maximum Gasteiger partial charge on any atom is 1.00 e. The molecule has 0 spiro atoms. The summed E-state index contributed by atoms with van der Waals surface area (Å²) in [5.74, 6) is 0. The summed E-state index contributed by atoms with van der Waals surface area (Å²) in [5, 5.41) is 39.0. The zero-order valence-corrected chi connectivity index (χ0v) is 17.0. The van der Waals surface area contributed by atoms with Gasteiger partial charge in [0.05, 0.1) is 0 Å². The molecule has 70 valence electrons. The van der Waals surface area contributed by atoms with Gasteiger partial charge in [-0.3, -0.25) is 0 Å². The van der Waals surface area contributed by atoms with Gasteiger partial charge in [-0.25, -0.2) is 31.6 Å². The average Bonchev–Trinajstić information content (AvgIpc) is 2.33. The summed E-state index contributed by atoms with van der Waals surface area (Å²) in [4.78, 5) is 0. The normalized spacial score (nSPS) is 0.800. The minimum Gasteiger partial charge on any atom is -0.202 e.